The van der Waals surface area contributed by atoms with Crippen molar-refractivity contribution in [2.24, 2.45) is 0 Å². The molecule has 0 aliphatic heterocycles. The van der Waals surface area contributed by atoms with Crippen molar-refractivity contribution in [3.8, 4) is 33.2 Å². The molecular formula is C22H24N4O3S. The molecule has 3 aromatic rings. The molecule has 1 aliphatic carbocycles. The third-order valence-corrected chi connectivity index (χ3v) is 5.96. The molecule has 0 bridgehead atoms. The van der Waals surface area contributed by atoms with E-state index in [0.29, 0.717) is 11.5 Å². The number of carbonyl (C=O) groups is 1. The molecule has 0 unspecified atom stereocenters. The minimum atomic E-state index is -0.418. The minimum Gasteiger partial charge on any atom is -0.496 e. The number of hydrogen-bond acceptors (Lipinski definition) is 7. The van der Waals surface area contributed by atoms with Crippen LogP contribution in [0, 0.1) is 0 Å². The Morgan fingerprint density at radius 2 is 1.90 bits per heavy atom. The molecule has 2 aromatic heterocycles. The summed E-state index contributed by atoms with van der Waals surface area (Å²) in [6.45, 7) is 0. The van der Waals surface area contributed by atoms with E-state index in [0.717, 1.165) is 47.4 Å². The van der Waals surface area contributed by atoms with Crippen molar-refractivity contribution in [1.29, 1.82) is 0 Å². The molecule has 30 heavy (non-hydrogen) atoms. The Bertz CT molecular complexity index is 986. The molecule has 4 rings (SSSR count). The summed E-state index contributed by atoms with van der Waals surface area (Å²) >= 11 is 1.45. The summed E-state index contributed by atoms with van der Waals surface area (Å²) in [6.07, 6.45) is 9.86. The van der Waals surface area contributed by atoms with Gasteiger partial charge in [-0.3, -0.25) is 4.98 Å². The van der Waals surface area contributed by atoms with Gasteiger partial charge in [-0.05, 0) is 37.1 Å². The molecule has 1 fully saturated rings. The summed E-state index contributed by atoms with van der Waals surface area (Å²) < 4.78 is 11.1. The number of aromatic nitrogens is 3. The number of pyridine rings is 1. The van der Waals surface area contributed by atoms with E-state index in [1.165, 1.54) is 24.2 Å². The molecule has 0 saturated heterocycles. The van der Waals surface area contributed by atoms with Crippen molar-refractivity contribution >= 4 is 17.4 Å². The fraction of sp³-hybridized carbons (Fsp3) is 0.364. The number of amides is 1. The van der Waals surface area contributed by atoms with Gasteiger partial charge in [-0.1, -0.05) is 37.0 Å². The maximum absolute atomic E-state index is 12.4. The number of methoxy groups -OCH3 is 1. The third-order valence-electron chi connectivity index (χ3n) is 5.21. The molecule has 2 heterocycles. The van der Waals surface area contributed by atoms with Crippen molar-refractivity contribution in [2.75, 3.05) is 7.11 Å². The number of rotatable bonds is 5. The molecule has 7 nitrogen and oxygen atoms in total. The highest BCUT2D eigenvalue weighted by Gasteiger charge is 2.17. The zero-order valence-electron chi connectivity index (χ0n) is 16.8. The Hall–Kier alpha value is -3.00. The lowest BCUT2D eigenvalue weighted by Gasteiger charge is -2.16. The first-order valence-electron chi connectivity index (χ1n) is 10.1. The lowest BCUT2D eigenvalue weighted by molar-refractivity contribution is 0.194. The van der Waals surface area contributed by atoms with Gasteiger partial charge in [-0.15, -0.1) is 10.2 Å². The molecule has 1 amide bonds. The lowest BCUT2D eigenvalue weighted by Crippen LogP contribution is -2.36. The number of ether oxygens (including phenoxy) is 2. The van der Waals surface area contributed by atoms with Crippen molar-refractivity contribution in [3.63, 3.8) is 0 Å². The van der Waals surface area contributed by atoms with E-state index in [-0.39, 0.29) is 6.04 Å². The van der Waals surface area contributed by atoms with E-state index in [1.807, 2.05) is 6.07 Å². The minimum absolute atomic E-state index is 0.186. The third kappa shape index (κ3) is 4.94. The first-order valence-corrected chi connectivity index (χ1v) is 11.0. The van der Waals surface area contributed by atoms with E-state index in [4.69, 9.17) is 9.47 Å². The van der Waals surface area contributed by atoms with Gasteiger partial charge in [-0.25, -0.2) is 4.79 Å². The van der Waals surface area contributed by atoms with E-state index >= 15 is 0 Å². The van der Waals surface area contributed by atoms with Crippen LogP contribution in [0.3, 0.4) is 0 Å². The van der Waals surface area contributed by atoms with Gasteiger partial charge in [0.2, 0.25) is 0 Å². The second-order valence-corrected chi connectivity index (χ2v) is 8.12. The average molecular weight is 425 g/mol. The van der Waals surface area contributed by atoms with Gasteiger partial charge in [0.1, 0.15) is 22.0 Å². The normalized spacial score (nSPS) is 14.7. The summed E-state index contributed by atoms with van der Waals surface area (Å²) in [6, 6.07) is 7.48. The molecule has 1 aromatic carbocycles. The van der Waals surface area contributed by atoms with Crippen LogP contribution >= 0.6 is 11.3 Å². The summed E-state index contributed by atoms with van der Waals surface area (Å²) in [5, 5.41) is 11.8. The Balaban J connectivity index is 1.54. The van der Waals surface area contributed by atoms with Crippen LogP contribution in [0.15, 0.2) is 42.2 Å². The Labute approximate surface area is 179 Å². The molecule has 1 saturated carbocycles. The first kappa shape index (κ1) is 20.3. The lowest BCUT2D eigenvalue weighted by atomic mass is 10.0. The Kier molecular flexibility index (Phi) is 6.53. The highest BCUT2D eigenvalue weighted by molar-refractivity contribution is 7.12. The van der Waals surface area contributed by atoms with Crippen molar-refractivity contribution in [1.82, 2.24) is 20.5 Å². The number of nitrogens with one attached hydrogen (secondary N) is 1. The maximum atomic E-state index is 12.4. The maximum Gasteiger partial charge on any atom is 0.412 e. The van der Waals surface area contributed by atoms with Gasteiger partial charge in [0, 0.05) is 35.1 Å². The largest absolute Gasteiger partial charge is 0.496 e. The van der Waals surface area contributed by atoms with Gasteiger partial charge >= 0.3 is 6.09 Å². The zero-order valence-corrected chi connectivity index (χ0v) is 17.7. The molecule has 1 N–H and O–H groups in total. The van der Waals surface area contributed by atoms with Gasteiger partial charge in [0.05, 0.1) is 7.11 Å². The van der Waals surface area contributed by atoms with Crippen LogP contribution in [0.2, 0.25) is 0 Å². The van der Waals surface area contributed by atoms with Gasteiger partial charge in [-0.2, -0.15) is 0 Å². The van der Waals surface area contributed by atoms with E-state index in [2.05, 4.69) is 20.5 Å². The van der Waals surface area contributed by atoms with Crippen LogP contribution in [-0.4, -0.2) is 34.4 Å². The van der Waals surface area contributed by atoms with Gasteiger partial charge < -0.3 is 14.8 Å². The second-order valence-electron chi connectivity index (χ2n) is 7.29. The van der Waals surface area contributed by atoms with Crippen molar-refractivity contribution in [2.45, 2.75) is 44.6 Å². The highest BCUT2D eigenvalue weighted by atomic mass is 32.1. The molecule has 0 spiro atoms. The predicted molar refractivity (Wildman–Crippen MR) is 116 cm³/mol. The Morgan fingerprint density at radius 1 is 1.10 bits per heavy atom. The number of benzene rings is 1. The summed E-state index contributed by atoms with van der Waals surface area (Å²) in [7, 11) is 1.61. The van der Waals surface area contributed by atoms with Crippen molar-refractivity contribution in [3.05, 3.63) is 42.2 Å². The predicted octanol–water partition coefficient (Wildman–Crippen LogP) is 5.09. The van der Waals surface area contributed by atoms with Crippen LogP contribution in [0.1, 0.15) is 38.5 Å². The quantitative estimate of drug-likeness (QED) is 0.574. The van der Waals surface area contributed by atoms with Crippen LogP contribution in [0.25, 0.3) is 21.7 Å². The van der Waals surface area contributed by atoms with E-state index in [9.17, 15) is 4.79 Å². The number of hydrogen-bond donors (Lipinski definition) is 1. The summed E-state index contributed by atoms with van der Waals surface area (Å²) in [5.41, 5.74) is 4.18. The zero-order chi connectivity index (χ0) is 20.8. The van der Waals surface area contributed by atoms with Gasteiger partial charge in [0.25, 0.3) is 0 Å². The second kappa shape index (κ2) is 9.67. The molecule has 8 heteroatoms. The molecule has 1 aliphatic rings. The van der Waals surface area contributed by atoms with Gasteiger partial charge in [0.15, 0.2) is 0 Å². The standard InChI is InChI=1S/C22H24N4O3S/c1-28-20-9-8-18(29-22(27)25-17-6-4-2-3-5-7-17)11-19(20)15-10-16(13-23-12-15)21-26-24-14-30-21/h8-14,17H,2-7H2,1H3,(H,25,27). The smallest absolute Gasteiger partial charge is 0.412 e. The fourth-order valence-corrected chi connectivity index (χ4v) is 4.24. The molecule has 156 valence electrons. The van der Waals surface area contributed by atoms with E-state index in [1.54, 1.807) is 43.2 Å². The summed E-state index contributed by atoms with van der Waals surface area (Å²) in [5.74, 6) is 1.13. The highest BCUT2D eigenvalue weighted by Crippen LogP contribution is 2.35. The number of nitrogens with zero attached hydrogens (tertiary/aromatic N) is 3. The van der Waals surface area contributed by atoms with Crippen LogP contribution in [-0.2, 0) is 0 Å². The SMILES string of the molecule is COc1ccc(OC(=O)NC2CCCCCC2)cc1-c1cncc(-c2nncs2)c1. The molecule has 0 atom stereocenters. The van der Waals surface area contributed by atoms with E-state index < -0.39 is 6.09 Å². The Morgan fingerprint density at radius 3 is 2.63 bits per heavy atom. The number of carbonyl (C=O) groups excluding carboxylic acids is 1. The fourth-order valence-electron chi connectivity index (χ4n) is 3.71. The summed E-state index contributed by atoms with van der Waals surface area (Å²) in [4.78, 5) is 16.7. The van der Waals surface area contributed by atoms with Crippen LogP contribution in [0.4, 0.5) is 4.79 Å². The van der Waals surface area contributed by atoms with Crippen LogP contribution < -0.4 is 14.8 Å². The molecular weight excluding hydrogens is 400 g/mol. The van der Waals surface area contributed by atoms with Crippen LogP contribution in [0.5, 0.6) is 11.5 Å². The topological polar surface area (TPSA) is 86.2 Å². The van der Waals surface area contributed by atoms with Crippen molar-refractivity contribution < 1.29 is 14.3 Å². The average Bonchev–Trinajstić information content (AvgIpc) is 3.19. The first-order chi connectivity index (χ1) is 14.7. The monoisotopic (exact) mass is 424 g/mol. The molecule has 0 radical (unpaired) electrons.